The summed E-state index contributed by atoms with van der Waals surface area (Å²) in [5.74, 6) is -4.14. The molecule has 2 nitrogen and oxygen atoms in total. The molecular weight excluding hydrogens is 279 g/mol. The van der Waals surface area contributed by atoms with Gasteiger partial charge in [0.25, 0.3) is 0 Å². The maximum Gasteiger partial charge on any atom is 0.195 e. The van der Waals surface area contributed by atoms with E-state index in [9.17, 15) is 18.0 Å². The average Bonchev–Trinajstić information content (AvgIpc) is 2.82. The van der Waals surface area contributed by atoms with Crippen LogP contribution in [0, 0.1) is 24.4 Å². The van der Waals surface area contributed by atoms with Crippen LogP contribution in [0.2, 0.25) is 0 Å². The minimum atomic E-state index is -1.56. The lowest BCUT2D eigenvalue weighted by molar-refractivity contribution is 0.112. The molecule has 0 amide bonds. The second-order valence-corrected chi connectivity index (χ2v) is 4.80. The largest absolute Gasteiger partial charge is 0.354 e. The van der Waals surface area contributed by atoms with E-state index in [0.29, 0.717) is 17.2 Å². The smallest absolute Gasteiger partial charge is 0.195 e. The van der Waals surface area contributed by atoms with Crippen LogP contribution in [0.15, 0.2) is 30.3 Å². The van der Waals surface area contributed by atoms with Crippen molar-refractivity contribution in [2.24, 2.45) is 0 Å². The summed E-state index contributed by atoms with van der Waals surface area (Å²) in [6, 6.07) is 7.30. The molecule has 21 heavy (non-hydrogen) atoms. The van der Waals surface area contributed by atoms with Gasteiger partial charge in [0.05, 0.1) is 5.69 Å². The third-order valence-corrected chi connectivity index (χ3v) is 3.42. The Morgan fingerprint density at radius 1 is 1.05 bits per heavy atom. The lowest BCUT2D eigenvalue weighted by Crippen LogP contribution is -1.95. The predicted molar refractivity (Wildman–Crippen MR) is 73.7 cm³/mol. The van der Waals surface area contributed by atoms with Crippen molar-refractivity contribution >= 4 is 17.2 Å². The Morgan fingerprint density at radius 3 is 2.52 bits per heavy atom. The Kier molecular flexibility index (Phi) is 3.05. The molecule has 0 bridgehead atoms. The van der Waals surface area contributed by atoms with E-state index in [1.165, 1.54) is 0 Å². The van der Waals surface area contributed by atoms with Crippen molar-refractivity contribution in [2.75, 3.05) is 0 Å². The lowest BCUT2D eigenvalue weighted by atomic mass is 10.0. The summed E-state index contributed by atoms with van der Waals surface area (Å²) < 4.78 is 40.3. The Morgan fingerprint density at radius 2 is 1.81 bits per heavy atom. The third kappa shape index (κ3) is 2.01. The van der Waals surface area contributed by atoms with Crippen LogP contribution < -0.4 is 0 Å². The molecule has 1 aromatic heterocycles. The lowest BCUT2D eigenvalue weighted by Gasteiger charge is -2.03. The zero-order valence-corrected chi connectivity index (χ0v) is 11.0. The molecule has 2 aromatic carbocycles. The van der Waals surface area contributed by atoms with Crippen LogP contribution >= 0.6 is 0 Å². The summed E-state index contributed by atoms with van der Waals surface area (Å²) >= 11 is 0. The van der Waals surface area contributed by atoms with Gasteiger partial charge in [0.1, 0.15) is 0 Å². The van der Waals surface area contributed by atoms with Crippen molar-refractivity contribution in [1.29, 1.82) is 0 Å². The number of benzene rings is 2. The van der Waals surface area contributed by atoms with Crippen LogP contribution in [-0.2, 0) is 0 Å². The van der Waals surface area contributed by atoms with Crippen molar-refractivity contribution < 1.29 is 18.0 Å². The molecule has 0 radical (unpaired) electrons. The number of hydrogen-bond acceptors (Lipinski definition) is 1. The van der Waals surface area contributed by atoms with Gasteiger partial charge in [-0.15, -0.1) is 0 Å². The van der Waals surface area contributed by atoms with Gasteiger partial charge in [0, 0.05) is 22.0 Å². The number of halogens is 3. The fourth-order valence-electron chi connectivity index (χ4n) is 2.38. The number of H-pyrrole nitrogens is 1. The molecule has 0 saturated carbocycles. The summed E-state index contributed by atoms with van der Waals surface area (Å²) in [6.45, 7) is 1.86. The second kappa shape index (κ2) is 4.77. The number of aromatic amines is 1. The number of aldehydes is 1. The van der Waals surface area contributed by atoms with E-state index >= 15 is 0 Å². The van der Waals surface area contributed by atoms with Crippen LogP contribution in [0.5, 0.6) is 0 Å². The molecule has 0 spiro atoms. The minimum absolute atomic E-state index is 0.141. The Hall–Kier alpha value is -2.56. The standard InChI is InChI=1S/C16H10F3NO/c1-8-2-5-13-10(6-8)11(7-21)16(20-13)9-3-4-12(17)15(19)14(9)18/h2-7,20H,1H3. The molecular formula is C16H10F3NO. The van der Waals surface area contributed by atoms with Gasteiger partial charge >= 0.3 is 0 Å². The maximum atomic E-state index is 13.9. The molecule has 106 valence electrons. The monoisotopic (exact) mass is 289 g/mol. The van der Waals surface area contributed by atoms with Gasteiger partial charge < -0.3 is 4.98 Å². The van der Waals surface area contributed by atoms with E-state index in [1.807, 2.05) is 13.0 Å². The highest BCUT2D eigenvalue weighted by Crippen LogP contribution is 2.32. The molecule has 0 aliphatic heterocycles. The number of rotatable bonds is 2. The fourth-order valence-corrected chi connectivity index (χ4v) is 2.38. The molecule has 5 heteroatoms. The van der Waals surface area contributed by atoms with Crippen LogP contribution in [0.3, 0.4) is 0 Å². The zero-order valence-electron chi connectivity index (χ0n) is 11.0. The number of fused-ring (bicyclic) bond motifs is 1. The first-order valence-corrected chi connectivity index (χ1v) is 6.24. The van der Waals surface area contributed by atoms with Gasteiger partial charge in [-0.25, -0.2) is 13.2 Å². The topological polar surface area (TPSA) is 32.9 Å². The van der Waals surface area contributed by atoms with Gasteiger partial charge in [-0.2, -0.15) is 0 Å². The zero-order chi connectivity index (χ0) is 15.1. The van der Waals surface area contributed by atoms with Crippen molar-refractivity contribution in [1.82, 2.24) is 4.98 Å². The fraction of sp³-hybridized carbons (Fsp3) is 0.0625. The van der Waals surface area contributed by atoms with E-state index in [2.05, 4.69) is 4.98 Å². The highest BCUT2D eigenvalue weighted by atomic mass is 19.2. The number of nitrogens with one attached hydrogen (secondary N) is 1. The van der Waals surface area contributed by atoms with Crippen molar-refractivity contribution in [3.8, 4) is 11.3 Å². The van der Waals surface area contributed by atoms with E-state index in [1.54, 1.807) is 12.1 Å². The van der Waals surface area contributed by atoms with Gasteiger partial charge in [-0.1, -0.05) is 11.6 Å². The Balaban J connectivity index is 2.35. The van der Waals surface area contributed by atoms with Crippen molar-refractivity contribution in [3.05, 3.63) is 58.9 Å². The molecule has 0 atom stereocenters. The summed E-state index contributed by atoms with van der Waals surface area (Å²) in [4.78, 5) is 14.2. The van der Waals surface area contributed by atoms with Gasteiger partial charge in [-0.3, -0.25) is 4.79 Å². The first-order chi connectivity index (χ1) is 10.0. The van der Waals surface area contributed by atoms with Crippen molar-refractivity contribution in [3.63, 3.8) is 0 Å². The molecule has 0 fully saturated rings. The molecule has 0 aliphatic rings. The van der Waals surface area contributed by atoms with E-state index < -0.39 is 17.5 Å². The third-order valence-electron chi connectivity index (χ3n) is 3.42. The number of carbonyl (C=O) groups excluding carboxylic acids is 1. The predicted octanol–water partition coefficient (Wildman–Crippen LogP) is 4.37. The van der Waals surface area contributed by atoms with Crippen LogP contribution in [0.4, 0.5) is 13.2 Å². The summed E-state index contributed by atoms with van der Waals surface area (Å²) in [6.07, 6.45) is 0.578. The van der Waals surface area contributed by atoms with Gasteiger partial charge in [-0.05, 0) is 31.2 Å². The summed E-state index contributed by atoms with van der Waals surface area (Å²) in [5.41, 5.74) is 1.74. The first kappa shape index (κ1) is 13.4. The Labute approximate surface area is 118 Å². The summed E-state index contributed by atoms with van der Waals surface area (Å²) in [7, 11) is 0. The van der Waals surface area contributed by atoms with Crippen LogP contribution in [-0.4, -0.2) is 11.3 Å². The molecule has 0 unspecified atom stereocenters. The molecule has 0 saturated heterocycles. The number of hydrogen-bond donors (Lipinski definition) is 1. The molecule has 1 heterocycles. The first-order valence-electron chi connectivity index (χ1n) is 6.24. The number of carbonyl (C=O) groups is 1. The minimum Gasteiger partial charge on any atom is -0.354 e. The maximum absolute atomic E-state index is 13.9. The average molecular weight is 289 g/mol. The molecule has 3 rings (SSSR count). The second-order valence-electron chi connectivity index (χ2n) is 4.80. The molecule has 1 N–H and O–H groups in total. The van der Waals surface area contributed by atoms with E-state index in [4.69, 9.17) is 0 Å². The Bertz CT molecular complexity index is 868. The van der Waals surface area contributed by atoms with Gasteiger partial charge in [0.2, 0.25) is 0 Å². The normalized spacial score (nSPS) is 11.0. The van der Waals surface area contributed by atoms with E-state index in [-0.39, 0.29) is 16.8 Å². The quantitative estimate of drug-likeness (QED) is 0.551. The highest BCUT2D eigenvalue weighted by molar-refractivity contribution is 6.04. The highest BCUT2D eigenvalue weighted by Gasteiger charge is 2.20. The van der Waals surface area contributed by atoms with Gasteiger partial charge in [0.15, 0.2) is 23.7 Å². The van der Waals surface area contributed by atoms with Crippen LogP contribution in [0.1, 0.15) is 15.9 Å². The number of aryl methyl sites for hydroxylation is 1. The van der Waals surface area contributed by atoms with Crippen LogP contribution in [0.25, 0.3) is 22.2 Å². The van der Waals surface area contributed by atoms with E-state index in [0.717, 1.165) is 17.7 Å². The van der Waals surface area contributed by atoms with Crippen molar-refractivity contribution in [2.45, 2.75) is 6.92 Å². The summed E-state index contributed by atoms with van der Waals surface area (Å²) in [5, 5.41) is 0.615. The SMILES string of the molecule is Cc1ccc2[nH]c(-c3ccc(F)c(F)c3F)c(C=O)c2c1. The molecule has 0 aliphatic carbocycles. The molecule has 3 aromatic rings. The number of aromatic nitrogens is 1.